The highest BCUT2D eigenvalue weighted by Crippen LogP contribution is 2.33. The number of carbonyl (C=O) groups is 1. The number of rotatable bonds is 4. The number of hydrogen-bond donors (Lipinski definition) is 0. The van der Waals surface area contributed by atoms with Crippen molar-refractivity contribution in [3.05, 3.63) is 45.2 Å². The van der Waals surface area contributed by atoms with Crippen LogP contribution in [0.2, 0.25) is 0 Å². The summed E-state index contributed by atoms with van der Waals surface area (Å²) >= 11 is 4.13. The normalized spacial score (nSPS) is 10.7. The van der Waals surface area contributed by atoms with E-state index in [1.54, 1.807) is 12.1 Å². The van der Waals surface area contributed by atoms with E-state index in [2.05, 4.69) is 15.9 Å². The van der Waals surface area contributed by atoms with Crippen molar-refractivity contribution < 1.29 is 13.6 Å². The highest BCUT2D eigenvalue weighted by Gasteiger charge is 2.14. The number of halogens is 3. The lowest BCUT2D eigenvalue weighted by atomic mass is 10.1. The highest BCUT2D eigenvalue weighted by atomic mass is 79.9. The van der Waals surface area contributed by atoms with Crippen molar-refractivity contribution in [3.8, 4) is 10.4 Å². The van der Waals surface area contributed by atoms with Gasteiger partial charge in [0.05, 0.1) is 9.35 Å². The maximum atomic E-state index is 13.8. The van der Waals surface area contributed by atoms with E-state index in [0.29, 0.717) is 16.2 Å². The Kier molecular flexibility index (Phi) is 4.47. The Hall–Kier alpha value is -1.07. The van der Waals surface area contributed by atoms with Crippen molar-refractivity contribution in [2.45, 2.75) is 19.8 Å². The largest absolute Gasteiger partial charge is 0.293 e. The maximum absolute atomic E-state index is 13.8. The third kappa shape index (κ3) is 3.09. The lowest BCUT2D eigenvalue weighted by Crippen LogP contribution is -1.93. The van der Waals surface area contributed by atoms with Gasteiger partial charge in [-0.25, -0.2) is 8.78 Å². The van der Waals surface area contributed by atoms with E-state index >= 15 is 0 Å². The highest BCUT2D eigenvalue weighted by molar-refractivity contribution is 9.10. The minimum absolute atomic E-state index is 0.0386. The van der Waals surface area contributed by atoms with Crippen LogP contribution in [0.4, 0.5) is 8.78 Å². The zero-order chi connectivity index (χ0) is 14.0. The molecule has 0 aliphatic rings. The molecule has 1 heterocycles. The van der Waals surface area contributed by atoms with Gasteiger partial charge in [0.2, 0.25) is 0 Å². The van der Waals surface area contributed by atoms with Crippen molar-refractivity contribution in [2.24, 2.45) is 0 Å². The summed E-state index contributed by atoms with van der Waals surface area (Å²) in [6.07, 6.45) is 1.24. The van der Waals surface area contributed by atoms with Crippen LogP contribution < -0.4 is 0 Å². The van der Waals surface area contributed by atoms with Gasteiger partial charge in [0.15, 0.2) is 5.78 Å². The molecule has 0 saturated heterocycles. The minimum atomic E-state index is -0.522. The number of hydrogen-bond acceptors (Lipinski definition) is 2. The smallest absolute Gasteiger partial charge is 0.172 e. The van der Waals surface area contributed by atoms with Gasteiger partial charge in [0.1, 0.15) is 11.6 Å². The van der Waals surface area contributed by atoms with Crippen LogP contribution in [0, 0.1) is 11.6 Å². The Bertz CT molecular complexity index is 622. The molecule has 0 amide bonds. The molecule has 0 bridgehead atoms. The second kappa shape index (κ2) is 5.92. The van der Waals surface area contributed by atoms with E-state index in [-0.39, 0.29) is 15.8 Å². The fraction of sp³-hybridized carbons (Fsp3) is 0.214. The van der Waals surface area contributed by atoms with Crippen molar-refractivity contribution >= 4 is 33.0 Å². The molecule has 0 radical (unpaired) electrons. The summed E-state index contributed by atoms with van der Waals surface area (Å²) < 4.78 is 27.3. The summed E-state index contributed by atoms with van der Waals surface area (Å²) in [7, 11) is 0. The predicted molar refractivity (Wildman–Crippen MR) is 76.6 cm³/mol. The zero-order valence-electron chi connectivity index (χ0n) is 10.2. The predicted octanol–water partition coefficient (Wildman–Crippen LogP) is 5.44. The molecule has 0 aliphatic carbocycles. The fourth-order valence-corrected chi connectivity index (χ4v) is 3.00. The first-order valence-electron chi connectivity index (χ1n) is 5.81. The lowest BCUT2D eigenvalue weighted by Gasteiger charge is -2.02. The van der Waals surface area contributed by atoms with Crippen LogP contribution in [-0.2, 0) is 0 Å². The molecule has 2 rings (SSSR count). The summed E-state index contributed by atoms with van der Waals surface area (Å²) in [5, 5.41) is 0. The summed E-state index contributed by atoms with van der Waals surface area (Å²) in [6, 6.07) is 5.55. The molecular formula is C14H11BrF2OS. The van der Waals surface area contributed by atoms with Crippen molar-refractivity contribution in [2.75, 3.05) is 0 Å². The van der Waals surface area contributed by atoms with E-state index < -0.39 is 11.6 Å². The summed E-state index contributed by atoms with van der Waals surface area (Å²) in [5.74, 6) is -0.993. The molecule has 1 aromatic heterocycles. The molecular weight excluding hydrogens is 334 g/mol. The van der Waals surface area contributed by atoms with Gasteiger partial charge in [-0.2, -0.15) is 0 Å². The Morgan fingerprint density at radius 2 is 2.00 bits per heavy atom. The van der Waals surface area contributed by atoms with Crippen LogP contribution in [-0.4, -0.2) is 5.78 Å². The van der Waals surface area contributed by atoms with Crippen molar-refractivity contribution in [1.82, 2.24) is 0 Å². The standard InChI is InChI=1S/C14H11BrF2OS/c1-2-3-12(18)14-5-4-13(19-14)8-6-11(17)9(15)7-10(8)16/h4-7H,2-3H2,1H3. The van der Waals surface area contributed by atoms with Crippen LogP contribution in [0.1, 0.15) is 29.4 Å². The zero-order valence-corrected chi connectivity index (χ0v) is 12.6. The van der Waals surface area contributed by atoms with Gasteiger partial charge in [-0.1, -0.05) is 6.92 Å². The van der Waals surface area contributed by atoms with E-state index in [4.69, 9.17) is 0 Å². The van der Waals surface area contributed by atoms with Gasteiger partial charge in [-0.05, 0) is 46.6 Å². The van der Waals surface area contributed by atoms with E-state index in [0.717, 1.165) is 18.6 Å². The second-order valence-corrected chi connectivity index (χ2v) is 6.02. The first-order valence-corrected chi connectivity index (χ1v) is 7.41. The Morgan fingerprint density at radius 1 is 1.26 bits per heavy atom. The minimum Gasteiger partial charge on any atom is -0.293 e. The average molecular weight is 345 g/mol. The van der Waals surface area contributed by atoms with Crippen molar-refractivity contribution in [3.63, 3.8) is 0 Å². The summed E-state index contributed by atoms with van der Waals surface area (Å²) in [6.45, 7) is 1.93. The fourth-order valence-electron chi connectivity index (χ4n) is 1.69. The van der Waals surface area contributed by atoms with Gasteiger partial charge in [0.25, 0.3) is 0 Å². The summed E-state index contributed by atoms with van der Waals surface area (Å²) in [4.78, 5) is 12.9. The number of carbonyl (C=O) groups excluding carboxylic acids is 1. The molecule has 19 heavy (non-hydrogen) atoms. The molecule has 0 spiro atoms. The molecule has 1 nitrogen and oxygen atoms in total. The molecule has 0 fully saturated rings. The summed E-state index contributed by atoms with van der Waals surface area (Å²) in [5.41, 5.74) is 0.182. The topological polar surface area (TPSA) is 17.1 Å². The third-order valence-electron chi connectivity index (χ3n) is 2.63. The number of thiophene rings is 1. The molecule has 100 valence electrons. The maximum Gasteiger partial charge on any atom is 0.172 e. The van der Waals surface area contributed by atoms with Crippen LogP contribution in [0.15, 0.2) is 28.7 Å². The van der Waals surface area contributed by atoms with Crippen LogP contribution in [0.5, 0.6) is 0 Å². The van der Waals surface area contributed by atoms with Crippen LogP contribution in [0.25, 0.3) is 10.4 Å². The number of ketones is 1. The Labute approximate surface area is 122 Å². The molecule has 2 aromatic rings. The first kappa shape index (κ1) is 14.3. The molecule has 0 N–H and O–H groups in total. The van der Waals surface area contributed by atoms with Gasteiger partial charge >= 0.3 is 0 Å². The van der Waals surface area contributed by atoms with Gasteiger partial charge in [-0.3, -0.25) is 4.79 Å². The van der Waals surface area contributed by atoms with Gasteiger partial charge in [0, 0.05) is 16.9 Å². The molecule has 1 aromatic carbocycles. The molecule has 0 atom stereocenters. The van der Waals surface area contributed by atoms with E-state index in [1.807, 2.05) is 6.92 Å². The monoisotopic (exact) mass is 344 g/mol. The van der Waals surface area contributed by atoms with E-state index in [1.165, 1.54) is 11.3 Å². The molecule has 0 unspecified atom stereocenters. The van der Waals surface area contributed by atoms with Gasteiger partial charge in [-0.15, -0.1) is 11.3 Å². The van der Waals surface area contributed by atoms with E-state index in [9.17, 15) is 13.6 Å². The van der Waals surface area contributed by atoms with Gasteiger partial charge < -0.3 is 0 Å². The number of Topliss-reactive ketones (excluding diaryl/α,β-unsaturated/α-hetero) is 1. The SMILES string of the molecule is CCCC(=O)c1ccc(-c2cc(F)c(Br)cc2F)s1. The number of benzene rings is 1. The Balaban J connectivity index is 2.38. The molecule has 5 heteroatoms. The second-order valence-electron chi connectivity index (χ2n) is 4.08. The van der Waals surface area contributed by atoms with Crippen LogP contribution in [0.3, 0.4) is 0 Å². The quantitative estimate of drug-likeness (QED) is 0.533. The molecule has 0 saturated carbocycles. The lowest BCUT2D eigenvalue weighted by molar-refractivity contribution is 0.0985. The first-order chi connectivity index (χ1) is 9.02. The third-order valence-corrected chi connectivity index (χ3v) is 4.40. The Morgan fingerprint density at radius 3 is 2.68 bits per heavy atom. The molecule has 0 aliphatic heterocycles. The van der Waals surface area contributed by atoms with Crippen LogP contribution >= 0.6 is 27.3 Å². The van der Waals surface area contributed by atoms with Crippen molar-refractivity contribution in [1.29, 1.82) is 0 Å². The average Bonchev–Trinajstić information content (AvgIpc) is 2.83.